The highest BCUT2D eigenvalue weighted by Gasteiger charge is 2.17. The predicted octanol–water partition coefficient (Wildman–Crippen LogP) is 2.93. The van der Waals surface area contributed by atoms with Gasteiger partial charge >= 0.3 is 10.2 Å². The van der Waals surface area contributed by atoms with E-state index in [0.29, 0.717) is 35.1 Å². The lowest BCUT2D eigenvalue weighted by Crippen LogP contribution is -2.29. The summed E-state index contributed by atoms with van der Waals surface area (Å²) in [5.74, 6) is 0.952. The van der Waals surface area contributed by atoms with Crippen molar-refractivity contribution < 1.29 is 8.42 Å². The Kier molecular flexibility index (Phi) is 5.69. The second-order valence-corrected chi connectivity index (χ2v) is 8.86. The predicted molar refractivity (Wildman–Crippen MR) is 121 cm³/mol. The van der Waals surface area contributed by atoms with Gasteiger partial charge in [0, 0.05) is 26.3 Å². The molecule has 0 fully saturated rings. The molecule has 0 saturated heterocycles. The molecule has 0 bridgehead atoms. The third-order valence-corrected chi connectivity index (χ3v) is 5.95. The maximum atomic E-state index is 12.4. The number of hydrogen-bond acceptors (Lipinski definition) is 7. The van der Waals surface area contributed by atoms with Gasteiger partial charge in [0.1, 0.15) is 16.9 Å². The van der Waals surface area contributed by atoms with Crippen LogP contribution in [0.5, 0.6) is 0 Å². The molecule has 0 atom stereocenters. The van der Waals surface area contributed by atoms with E-state index in [1.165, 1.54) is 14.1 Å². The van der Waals surface area contributed by atoms with Gasteiger partial charge in [0.15, 0.2) is 5.82 Å². The summed E-state index contributed by atoms with van der Waals surface area (Å²) in [4.78, 5) is 4.58. The maximum absolute atomic E-state index is 12.4. The summed E-state index contributed by atoms with van der Waals surface area (Å²) in [6.07, 6.45) is 0. The van der Waals surface area contributed by atoms with Crippen molar-refractivity contribution in [2.45, 2.75) is 6.54 Å². The van der Waals surface area contributed by atoms with Crippen LogP contribution >= 0.6 is 0 Å². The monoisotopic (exact) mass is 438 g/mol. The van der Waals surface area contributed by atoms with Crippen LogP contribution in [0.4, 0.5) is 23.0 Å². The number of fused-ring (bicyclic) bond motifs is 1. The standard InChI is InChI=1S/C20H22N8O2S/c1-28(2)31(29,30)26-17-10-11-19(21-13-14-6-4-3-5-7-14)23-20(17)22-15-8-9-16-18(12-15)25-27-24-16/h3-12,26H,13H2,1-2H3,(H2,21,22,23)(H,24,25,27). The Balaban J connectivity index is 1.63. The Morgan fingerprint density at radius 2 is 1.74 bits per heavy atom. The molecule has 4 N–H and O–H groups in total. The second kappa shape index (κ2) is 8.58. The molecule has 0 saturated carbocycles. The second-order valence-electron chi connectivity index (χ2n) is 6.97. The highest BCUT2D eigenvalue weighted by Crippen LogP contribution is 2.28. The molecule has 0 aliphatic heterocycles. The van der Waals surface area contributed by atoms with E-state index in [4.69, 9.17) is 0 Å². The Bertz CT molecular complexity index is 1290. The van der Waals surface area contributed by atoms with Crippen molar-refractivity contribution in [3.8, 4) is 0 Å². The molecular weight excluding hydrogens is 416 g/mol. The van der Waals surface area contributed by atoms with Crippen molar-refractivity contribution in [2.75, 3.05) is 29.5 Å². The van der Waals surface area contributed by atoms with Crippen LogP contribution in [0.15, 0.2) is 60.7 Å². The molecule has 160 valence electrons. The number of nitrogens with zero attached hydrogens (tertiary/aromatic N) is 4. The summed E-state index contributed by atoms with van der Waals surface area (Å²) in [6, 6.07) is 18.7. The summed E-state index contributed by atoms with van der Waals surface area (Å²) >= 11 is 0. The van der Waals surface area contributed by atoms with Gasteiger partial charge in [0.2, 0.25) is 0 Å². The van der Waals surface area contributed by atoms with Gasteiger partial charge in [-0.2, -0.15) is 28.1 Å². The smallest absolute Gasteiger partial charge is 0.301 e. The van der Waals surface area contributed by atoms with Gasteiger partial charge in [-0.15, -0.1) is 0 Å². The largest absolute Gasteiger partial charge is 0.366 e. The third-order valence-electron chi connectivity index (χ3n) is 4.51. The van der Waals surface area contributed by atoms with Crippen molar-refractivity contribution in [1.29, 1.82) is 0 Å². The van der Waals surface area contributed by atoms with Gasteiger partial charge in [0.05, 0.1) is 5.69 Å². The van der Waals surface area contributed by atoms with Crippen LogP contribution in [0.3, 0.4) is 0 Å². The van der Waals surface area contributed by atoms with Gasteiger partial charge < -0.3 is 10.6 Å². The normalized spacial score (nSPS) is 11.6. The van der Waals surface area contributed by atoms with Gasteiger partial charge in [-0.25, -0.2) is 4.98 Å². The van der Waals surface area contributed by atoms with E-state index in [1.807, 2.05) is 42.5 Å². The first kappa shape index (κ1) is 20.6. The first-order valence-corrected chi connectivity index (χ1v) is 10.9. The van der Waals surface area contributed by atoms with E-state index in [1.54, 1.807) is 18.2 Å². The quantitative estimate of drug-likeness (QED) is 0.333. The van der Waals surface area contributed by atoms with Crippen molar-refractivity contribution >= 4 is 44.3 Å². The van der Waals surface area contributed by atoms with Crippen molar-refractivity contribution in [1.82, 2.24) is 24.7 Å². The first-order valence-electron chi connectivity index (χ1n) is 9.47. The zero-order chi connectivity index (χ0) is 21.8. The van der Waals surface area contributed by atoms with Crippen LogP contribution < -0.4 is 15.4 Å². The maximum Gasteiger partial charge on any atom is 0.301 e. The van der Waals surface area contributed by atoms with Crippen LogP contribution in [0.1, 0.15) is 5.56 Å². The molecule has 31 heavy (non-hydrogen) atoms. The summed E-state index contributed by atoms with van der Waals surface area (Å²) < 4.78 is 28.4. The number of anilines is 4. The van der Waals surface area contributed by atoms with E-state index in [-0.39, 0.29) is 0 Å². The fourth-order valence-electron chi connectivity index (χ4n) is 2.81. The lowest BCUT2D eigenvalue weighted by molar-refractivity contribution is 0.527. The van der Waals surface area contributed by atoms with Crippen LogP contribution in [-0.4, -0.2) is 47.2 Å². The number of benzene rings is 2. The number of hydrogen-bond donors (Lipinski definition) is 4. The zero-order valence-electron chi connectivity index (χ0n) is 17.0. The van der Waals surface area contributed by atoms with Crippen LogP contribution in [0.2, 0.25) is 0 Å². The Morgan fingerprint density at radius 1 is 0.968 bits per heavy atom. The minimum Gasteiger partial charge on any atom is -0.366 e. The number of H-pyrrole nitrogens is 1. The minimum atomic E-state index is -3.70. The first-order chi connectivity index (χ1) is 14.9. The van der Waals surface area contributed by atoms with Crippen molar-refractivity contribution in [3.63, 3.8) is 0 Å². The molecule has 0 radical (unpaired) electrons. The van der Waals surface area contributed by atoms with E-state index >= 15 is 0 Å². The van der Waals surface area contributed by atoms with Gasteiger partial charge in [0.25, 0.3) is 0 Å². The minimum absolute atomic E-state index is 0.319. The molecule has 0 aliphatic rings. The third kappa shape index (κ3) is 4.90. The lowest BCUT2D eigenvalue weighted by Gasteiger charge is -2.17. The topological polar surface area (TPSA) is 128 Å². The van der Waals surface area contributed by atoms with Gasteiger partial charge in [-0.1, -0.05) is 30.3 Å². The summed E-state index contributed by atoms with van der Waals surface area (Å²) in [7, 11) is -0.793. The number of aromatic amines is 1. The highest BCUT2D eigenvalue weighted by atomic mass is 32.2. The molecule has 2 aromatic heterocycles. The molecule has 0 amide bonds. The Morgan fingerprint density at radius 3 is 2.52 bits per heavy atom. The van der Waals surface area contributed by atoms with Crippen LogP contribution in [0, 0.1) is 0 Å². The van der Waals surface area contributed by atoms with E-state index < -0.39 is 10.2 Å². The van der Waals surface area contributed by atoms with Gasteiger partial charge in [-0.3, -0.25) is 4.72 Å². The molecule has 2 heterocycles. The molecule has 0 aliphatic carbocycles. The molecule has 4 aromatic rings. The van der Waals surface area contributed by atoms with Crippen molar-refractivity contribution in [3.05, 3.63) is 66.2 Å². The highest BCUT2D eigenvalue weighted by molar-refractivity contribution is 7.90. The summed E-state index contributed by atoms with van der Waals surface area (Å²) in [6.45, 7) is 0.584. The zero-order valence-corrected chi connectivity index (χ0v) is 17.8. The van der Waals surface area contributed by atoms with Crippen molar-refractivity contribution in [2.24, 2.45) is 0 Å². The molecule has 0 spiro atoms. The van der Waals surface area contributed by atoms with E-state index in [2.05, 4.69) is 35.8 Å². The molecule has 4 rings (SSSR count). The Hall–Kier alpha value is -3.70. The molecule has 11 heteroatoms. The molecule has 10 nitrogen and oxygen atoms in total. The van der Waals surface area contributed by atoms with Crippen LogP contribution in [-0.2, 0) is 16.8 Å². The SMILES string of the molecule is CN(C)S(=O)(=O)Nc1ccc(NCc2ccccc2)nc1Nc1ccc2n[nH]nc2c1. The lowest BCUT2D eigenvalue weighted by atomic mass is 10.2. The molecule has 0 unspecified atom stereocenters. The summed E-state index contributed by atoms with van der Waals surface area (Å²) in [5.41, 5.74) is 3.52. The van der Waals surface area contributed by atoms with E-state index in [0.717, 1.165) is 15.4 Å². The number of nitrogens with one attached hydrogen (secondary N) is 4. The van der Waals surface area contributed by atoms with Gasteiger partial charge in [-0.05, 0) is 35.9 Å². The number of aromatic nitrogens is 4. The fraction of sp³-hybridized carbons (Fsp3) is 0.150. The Labute approximate surface area is 179 Å². The average molecular weight is 439 g/mol. The average Bonchev–Trinajstić information content (AvgIpc) is 3.22. The van der Waals surface area contributed by atoms with Crippen LogP contribution in [0.25, 0.3) is 11.0 Å². The molecular formula is C20H22N8O2S. The summed E-state index contributed by atoms with van der Waals surface area (Å²) in [5, 5.41) is 17.1. The molecule has 2 aromatic carbocycles. The fourth-order valence-corrected chi connectivity index (χ4v) is 3.43. The van der Waals surface area contributed by atoms with E-state index in [9.17, 15) is 8.42 Å². The number of pyridine rings is 1. The number of rotatable bonds is 8.